The Morgan fingerprint density at radius 3 is 2.75 bits per heavy atom. The van der Waals surface area contributed by atoms with E-state index in [9.17, 15) is 8.42 Å². The molecule has 1 heterocycles. The van der Waals surface area contributed by atoms with Gasteiger partial charge in [0.2, 0.25) is 10.0 Å². The largest absolute Gasteiger partial charge is 0.274 e. The molecule has 7 heteroatoms. The number of aryl methyl sites for hydroxylation is 1. The second-order valence-corrected chi connectivity index (χ2v) is 6.34. The van der Waals surface area contributed by atoms with Crippen LogP contribution in [0.2, 0.25) is 0 Å². The van der Waals surface area contributed by atoms with Crippen molar-refractivity contribution in [1.29, 1.82) is 0 Å². The number of aromatic nitrogens is 2. The van der Waals surface area contributed by atoms with E-state index < -0.39 is 10.0 Å². The zero-order valence-corrected chi connectivity index (χ0v) is 10.6. The second-order valence-electron chi connectivity index (χ2n) is 4.31. The van der Waals surface area contributed by atoms with Crippen LogP contribution in [-0.4, -0.2) is 30.6 Å². The molecule has 0 aromatic carbocycles. The van der Waals surface area contributed by atoms with Crippen molar-refractivity contribution in [2.45, 2.75) is 17.7 Å². The van der Waals surface area contributed by atoms with Crippen LogP contribution in [0.25, 0.3) is 0 Å². The normalized spacial score (nSPS) is 18.6. The van der Waals surface area contributed by atoms with Crippen LogP contribution < -0.4 is 4.72 Å². The molecule has 2 rings (SSSR count). The topological polar surface area (TPSA) is 64.0 Å². The molecular formula is C9H14ClN3O2S. The van der Waals surface area contributed by atoms with Gasteiger partial charge >= 0.3 is 0 Å². The van der Waals surface area contributed by atoms with Gasteiger partial charge in [-0.25, -0.2) is 13.1 Å². The third-order valence-electron chi connectivity index (χ3n) is 2.87. The number of halogens is 1. The minimum absolute atomic E-state index is 0.0170. The van der Waals surface area contributed by atoms with E-state index in [4.69, 9.17) is 11.6 Å². The van der Waals surface area contributed by atoms with Crippen molar-refractivity contribution in [2.75, 3.05) is 12.4 Å². The Morgan fingerprint density at radius 2 is 2.31 bits per heavy atom. The molecule has 0 unspecified atom stereocenters. The number of hydrogen-bond donors (Lipinski definition) is 1. The van der Waals surface area contributed by atoms with Gasteiger partial charge in [0.15, 0.2) is 0 Å². The van der Waals surface area contributed by atoms with Crippen molar-refractivity contribution in [2.24, 2.45) is 12.5 Å². The highest BCUT2D eigenvalue weighted by Crippen LogP contribution is 2.46. The van der Waals surface area contributed by atoms with Crippen LogP contribution in [-0.2, 0) is 17.1 Å². The molecule has 1 saturated carbocycles. The van der Waals surface area contributed by atoms with Crippen molar-refractivity contribution in [3.05, 3.63) is 12.4 Å². The van der Waals surface area contributed by atoms with E-state index in [-0.39, 0.29) is 10.3 Å². The summed E-state index contributed by atoms with van der Waals surface area (Å²) in [7, 11) is -1.75. The van der Waals surface area contributed by atoms with Gasteiger partial charge < -0.3 is 0 Å². The van der Waals surface area contributed by atoms with Crippen LogP contribution in [0, 0.1) is 5.41 Å². The summed E-state index contributed by atoms with van der Waals surface area (Å²) >= 11 is 5.78. The first kappa shape index (κ1) is 11.9. The fourth-order valence-corrected chi connectivity index (χ4v) is 2.91. The highest BCUT2D eigenvalue weighted by Gasteiger charge is 2.42. The van der Waals surface area contributed by atoms with Crippen LogP contribution in [0.3, 0.4) is 0 Å². The van der Waals surface area contributed by atoms with Crippen molar-refractivity contribution in [3.63, 3.8) is 0 Å². The SMILES string of the molecule is Cn1cc(S(=O)(=O)NCC2(CCl)CC2)cn1. The van der Waals surface area contributed by atoms with E-state index >= 15 is 0 Å². The molecular weight excluding hydrogens is 250 g/mol. The molecule has 1 aromatic heterocycles. The maximum atomic E-state index is 11.8. The summed E-state index contributed by atoms with van der Waals surface area (Å²) in [6.45, 7) is 0.410. The fraction of sp³-hybridized carbons (Fsp3) is 0.667. The Bertz CT molecular complexity index is 479. The highest BCUT2D eigenvalue weighted by molar-refractivity contribution is 7.89. The quantitative estimate of drug-likeness (QED) is 0.796. The summed E-state index contributed by atoms with van der Waals surface area (Å²) in [5, 5.41) is 3.83. The van der Waals surface area contributed by atoms with Gasteiger partial charge in [0.05, 0.1) is 6.20 Å². The molecule has 1 aromatic rings. The maximum absolute atomic E-state index is 11.8. The molecule has 90 valence electrons. The summed E-state index contributed by atoms with van der Waals surface area (Å²) < 4.78 is 27.7. The Labute approximate surface area is 99.8 Å². The maximum Gasteiger partial charge on any atom is 0.243 e. The number of alkyl halides is 1. The molecule has 0 amide bonds. The van der Waals surface area contributed by atoms with E-state index in [0.29, 0.717) is 12.4 Å². The van der Waals surface area contributed by atoms with E-state index in [1.807, 2.05) is 0 Å². The molecule has 1 aliphatic rings. The molecule has 0 aliphatic heterocycles. The molecule has 1 fully saturated rings. The minimum Gasteiger partial charge on any atom is -0.274 e. The van der Waals surface area contributed by atoms with Crippen molar-refractivity contribution >= 4 is 21.6 Å². The zero-order valence-electron chi connectivity index (χ0n) is 8.98. The first-order valence-electron chi connectivity index (χ1n) is 5.02. The Kier molecular flexibility index (Phi) is 2.98. The summed E-state index contributed by atoms with van der Waals surface area (Å²) in [5.74, 6) is 0.503. The van der Waals surface area contributed by atoms with Gasteiger partial charge in [0.25, 0.3) is 0 Å². The van der Waals surface area contributed by atoms with Gasteiger partial charge in [-0.05, 0) is 18.3 Å². The molecule has 0 bridgehead atoms. The second kappa shape index (κ2) is 4.01. The van der Waals surface area contributed by atoms with Crippen LogP contribution in [0.4, 0.5) is 0 Å². The molecule has 1 aliphatic carbocycles. The third-order valence-corrected chi connectivity index (χ3v) is 4.79. The molecule has 0 spiro atoms. The van der Waals surface area contributed by atoms with Crippen molar-refractivity contribution < 1.29 is 8.42 Å². The van der Waals surface area contributed by atoms with Crippen LogP contribution in [0.15, 0.2) is 17.3 Å². The van der Waals surface area contributed by atoms with E-state index in [1.54, 1.807) is 7.05 Å². The van der Waals surface area contributed by atoms with Crippen LogP contribution in [0.5, 0.6) is 0 Å². The lowest BCUT2D eigenvalue weighted by molar-refractivity contribution is 0.534. The lowest BCUT2D eigenvalue weighted by Crippen LogP contribution is -2.30. The number of sulfonamides is 1. The number of rotatable bonds is 5. The van der Waals surface area contributed by atoms with E-state index in [1.165, 1.54) is 17.1 Å². The van der Waals surface area contributed by atoms with Gasteiger partial charge in [0, 0.05) is 25.7 Å². The zero-order chi connectivity index (χ0) is 11.8. The third kappa shape index (κ3) is 2.39. The van der Waals surface area contributed by atoms with Gasteiger partial charge in [-0.15, -0.1) is 11.6 Å². The first-order chi connectivity index (χ1) is 7.47. The van der Waals surface area contributed by atoms with Crippen molar-refractivity contribution in [3.8, 4) is 0 Å². The summed E-state index contributed by atoms with van der Waals surface area (Å²) in [6.07, 6.45) is 4.79. The van der Waals surface area contributed by atoms with E-state index in [0.717, 1.165) is 12.8 Å². The standard InChI is InChI=1S/C9H14ClN3O2S/c1-13-5-8(4-11-13)16(14,15)12-7-9(6-10)2-3-9/h4-5,12H,2-3,6-7H2,1H3. The minimum atomic E-state index is -3.43. The molecule has 1 N–H and O–H groups in total. The number of hydrogen-bond acceptors (Lipinski definition) is 3. The van der Waals surface area contributed by atoms with E-state index in [2.05, 4.69) is 9.82 Å². The van der Waals surface area contributed by atoms with Gasteiger partial charge in [0.1, 0.15) is 4.90 Å². The summed E-state index contributed by atoms with van der Waals surface area (Å²) in [6, 6.07) is 0. The van der Waals surface area contributed by atoms with Gasteiger partial charge in [-0.3, -0.25) is 4.68 Å². The smallest absolute Gasteiger partial charge is 0.243 e. The van der Waals surface area contributed by atoms with Gasteiger partial charge in [-0.1, -0.05) is 0 Å². The predicted octanol–water partition coefficient (Wildman–Crippen LogP) is 0.717. The first-order valence-corrected chi connectivity index (χ1v) is 7.04. The lowest BCUT2D eigenvalue weighted by atomic mass is 10.1. The molecule has 0 saturated heterocycles. The molecule has 0 atom stereocenters. The Balaban J connectivity index is 2.04. The summed E-state index contributed by atoms with van der Waals surface area (Å²) in [4.78, 5) is 0.195. The highest BCUT2D eigenvalue weighted by atomic mass is 35.5. The lowest BCUT2D eigenvalue weighted by Gasteiger charge is -2.11. The fourth-order valence-electron chi connectivity index (χ4n) is 1.40. The average molecular weight is 264 g/mol. The van der Waals surface area contributed by atoms with Crippen LogP contribution in [0.1, 0.15) is 12.8 Å². The Morgan fingerprint density at radius 1 is 1.62 bits per heavy atom. The molecule has 0 radical (unpaired) electrons. The van der Waals surface area contributed by atoms with Crippen molar-refractivity contribution in [1.82, 2.24) is 14.5 Å². The van der Waals surface area contributed by atoms with Gasteiger partial charge in [-0.2, -0.15) is 5.10 Å². The number of nitrogens with zero attached hydrogens (tertiary/aromatic N) is 2. The molecule has 5 nitrogen and oxygen atoms in total. The summed E-state index contributed by atoms with van der Waals surface area (Å²) in [5.41, 5.74) is -0.0170. The molecule has 16 heavy (non-hydrogen) atoms. The monoisotopic (exact) mass is 263 g/mol. The average Bonchev–Trinajstić information content (AvgIpc) is 2.91. The van der Waals surface area contributed by atoms with Crippen LogP contribution >= 0.6 is 11.6 Å². The Hall–Kier alpha value is -0.590. The predicted molar refractivity (Wildman–Crippen MR) is 60.8 cm³/mol. The number of nitrogens with one attached hydrogen (secondary N) is 1.